The molecule has 0 N–H and O–H groups in total. The molecular formula is C20H33IN2O3. The van der Waals surface area contributed by atoms with Gasteiger partial charge in [-0.25, -0.2) is 4.79 Å². The first-order chi connectivity index (χ1) is 12.3. The molecule has 2 aliphatic heterocycles. The number of amides is 3. The van der Waals surface area contributed by atoms with Gasteiger partial charge < -0.3 is 4.74 Å². The third kappa shape index (κ3) is 3.29. The first kappa shape index (κ1) is 20.4. The zero-order chi connectivity index (χ0) is 19.1. The molecule has 1 spiro atoms. The normalized spacial score (nSPS) is 31.7. The number of likely N-dealkylation sites (tertiary alicyclic amines) is 1. The van der Waals surface area contributed by atoms with Crippen LogP contribution >= 0.6 is 22.6 Å². The topological polar surface area (TPSA) is 49.9 Å². The fourth-order valence-electron chi connectivity index (χ4n) is 5.02. The Kier molecular flexibility index (Phi) is 5.93. The molecule has 0 unspecified atom stereocenters. The summed E-state index contributed by atoms with van der Waals surface area (Å²) in [4.78, 5) is 30.7. The Balaban J connectivity index is 1.92. The minimum Gasteiger partial charge on any atom is -0.354 e. The summed E-state index contributed by atoms with van der Waals surface area (Å²) in [7, 11) is 0. The molecule has 0 aromatic heterocycles. The molecule has 5 nitrogen and oxygen atoms in total. The molecule has 1 aliphatic carbocycles. The summed E-state index contributed by atoms with van der Waals surface area (Å²) in [6.07, 6.45) is 6.96. The van der Waals surface area contributed by atoms with Crippen LogP contribution in [0.25, 0.3) is 0 Å². The minimum atomic E-state index is -0.665. The number of carbonyl (C=O) groups is 2. The number of alkyl halides is 1. The van der Waals surface area contributed by atoms with Gasteiger partial charge in [-0.1, -0.05) is 55.7 Å². The predicted molar refractivity (Wildman–Crippen MR) is 110 cm³/mol. The number of rotatable bonds is 3. The second-order valence-corrected chi connectivity index (χ2v) is 9.75. The SMILES string of the molecule is CC[C@@H](C)[C@H]1COC(C)(C)N1C(=O)N1C(=O)C2(CCCC2)CC[C@@H]1CI. The molecule has 3 fully saturated rings. The summed E-state index contributed by atoms with van der Waals surface area (Å²) >= 11 is 2.32. The number of halogens is 1. The fourth-order valence-corrected chi connectivity index (χ4v) is 5.85. The van der Waals surface area contributed by atoms with E-state index in [0.29, 0.717) is 12.5 Å². The van der Waals surface area contributed by atoms with Gasteiger partial charge in [0.15, 0.2) is 0 Å². The van der Waals surface area contributed by atoms with Gasteiger partial charge >= 0.3 is 6.03 Å². The van der Waals surface area contributed by atoms with E-state index < -0.39 is 5.72 Å². The van der Waals surface area contributed by atoms with Crippen LogP contribution in [0, 0.1) is 11.3 Å². The molecule has 3 amide bonds. The van der Waals surface area contributed by atoms with Gasteiger partial charge in [0.25, 0.3) is 0 Å². The van der Waals surface area contributed by atoms with Crippen molar-refractivity contribution < 1.29 is 14.3 Å². The maximum absolute atomic E-state index is 13.7. The van der Waals surface area contributed by atoms with Crippen LogP contribution in [0.3, 0.4) is 0 Å². The maximum Gasteiger partial charge on any atom is 0.329 e. The molecule has 3 aliphatic rings. The van der Waals surface area contributed by atoms with E-state index in [-0.39, 0.29) is 29.4 Å². The van der Waals surface area contributed by atoms with Gasteiger partial charge in [0.1, 0.15) is 5.72 Å². The smallest absolute Gasteiger partial charge is 0.329 e. The molecule has 0 aromatic rings. The van der Waals surface area contributed by atoms with E-state index in [0.717, 1.165) is 49.4 Å². The Labute approximate surface area is 171 Å². The number of ether oxygens (including phenoxy) is 1. The van der Waals surface area contributed by atoms with Crippen LogP contribution < -0.4 is 0 Å². The summed E-state index contributed by atoms with van der Waals surface area (Å²) in [6.45, 7) is 8.77. The van der Waals surface area contributed by atoms with Crippen LogP contribution in [0.1, 0.15) is 72.6 Å². The molecule has 3 rings (SSSR count). The quantitative estimate of drug-likeness (QED) is 0.443. The van der Waals surface area contributed by atoms with Crippen molar-refractivity contribution in [3.05, 3.63) is 0 Å². The van der Waals surface area contributed by atoms with Gasteiger partial charge in [-0.3, -0.25) is 14.6 Å². The lowest BCUT2D eigenvalue weighted by molar-refractivity contribution is -0.146. The number of imide groups is 1. The van der Waals surface area contributed by atoms with Crippen molar-refractivity contribution in [3.63, 3.8) is 0 Å². The van der Waals surface area contributed by atoms with Gasteiger partial charge in [0.2, 0.25) is 5.91 Å². The van der Waals surface area contributed by atoms with Crippen molar-refractivity contribution in [2.75, 3.05) is 11.0 Å². The third-order valence-electron chi connectivity index (χ3n) is 6.96. The molecule has 0 aromatic carbocycles. The summed E-state index contributed by atoms with van der Waals surface area (Å²) in [5.41, 5.74) is -0.948. The van der Waals surface area contributed by atoms with E-state index in [9.17, 15) is 9.59 Å². The molecule has 1 saturated carbocycles. The zero-order valence-electron chi connectivity index (χ0n) is 16.6. The minimum absolute atomic E-state index is 0.0100. The van der Waals surface area contributed by atoms with E-state index in [1.54, 1.807) is 4.90 Å². The molecule has 2 heterocycles. The molecule has 148 valence electrons. The number of carbonyl (C=O) groups excluding carboxylic acids is 2. The number of urea groups is 1. The Hall–Kier alpha value is -0.370. The van der Waals surface area contributed by atoms with Gasteiger partial charge in [-0.2, -0.15) is 0 Å². The van der Waals surface area contributed by atoms with Crippen LogP contribution in [0.2, 0.25) is 0 Å². The highest BCUT2D eigenvalue weighted by molar-refractivity contribution is 14.1. The van der Waals surface area contributed by atoms with E-state index in [1.165, 1.54) is 0 Å². The number of nitrogens with zero attached hydrogens (tertiary/aromatic N) is 2. The van der Waals surface area contributed by atoms with Crippen molar-refractivity contribution in [3.8, 4) is 0 Å². The Morgan fingerprint density at radius 1 is 1.31 bits per heavy atom. The predicted octanol–water partition coefficient (Wildman–Crippen LogP) is 4.58. The highest BCUT2D eigenvalue weighted by Gasteiger charge is 2.54. The average molecular weight is 476 g/mol. The summed E-state index contributed by atoms with van der Waals surface area (Å²) in [5.74, 6) is 0.428. The van der Waals surface area contributed by atoms with Crippen LogP contribution in [-0.4, -0.2) is 50.6 Å². The summed E-state index contributed by atoms with van der Waals surface area (Å²) in [6, 6.07) is -0.0853. The van der Waals surface area contributed by atoms with Crippen LogP contribution in [0.15, 0.2) is 0 Å². The van der Waals surface area contributed by atoms with Gasteiger partial charge in [0, 0.05) is 9.84 Å². The summed E-state index contributed by atoms with van der Waals surface area (Å²) < 4.78 is 6.79. The Bertz CT molecular complexity index is 559. The molecular weight excluding hydrogens is 443 g/mol. The molecule has 2 saturated heterocycles. The van der Waals surface area contributed by atoms with Crippen molar-refractivity contribution in [2.24, 2.45) is 11.3 Å². The highest BCUT2D eigenvalue weighted by atomic mass is 127. The van der Waals surface area contributed by atoms with Crippen molar-refractivity contribution in [1.82, 2.24) is 9.80 Å². The van der Waals surface area contributed by atoms with Crippen molar-refractivity contribution in [2.45, 2.75) is 90.4 Å². The number of hydrogen-bond donors (Lipinski definition) is 0. The highest BCUT2D eigenvalue weighted by Crippen LogP contribution is 2.48. The van der Waals surface area contributed by atoms with Crippen LogP contribution in [0.4, 0.5) is 4.79 Å². The Morgan fingerprint density at radius 2 is 1.96 bits per heavy atom. The van der Waals surface area contributed by atoms with Gasteiger partial charge in [-0.15, -0.1) is 0 Å². The first-order valence-corrected chi connectivity index (χ1v) is 11.7. The van der Waals surface area contributed by atoms with Gasteiger partial charge in [0.05, 0.1) is 18.7 Å². The Morgan fingerprint density at radius 3 is 2.54 bits per heavy atom. The standard InChI is InChI=1S/C20H33IN2O3/c1-5-14(2)16-13-26-19(3,4)23(16)18(25)22-15(12-21)8-11-20(17(22)24)9-6-7-10-20/h14-16H,5-13H2,1-4H3/t14-,15-,16-/m1/s1. The lowest BCUT2D eigenvalue weighted by Gasteiger charge is -2.46. The number of piperidine rings is 1. The fraction of sp³-hybridized carbons (Fsp3) is 0.900. The second-order valence-electron chi connectivity index (χ2n) is 8.87. The third-order valence-corrected chi connectivity index (χ3v) is 7.98. The molecule has 6 heteroatoms. The largest absolute Gasteiger partial charge is 0.354 e. The van der Waals surface area contributed by atoms with Crippen molar-refractivity contribution in [1.29, 1.82) is 0 Å². The second kappa shape index (κ2) is 7.57. The van der Waals surface area contributed by atoms with Crippen molar-refractivity contribution >= 4 is 34.5 Å². The van der Waals surface area contributed by atoms with E-state index in [4.69, 9.17) is 4.74 Å². The lowest BCUT2D eigenvalue weighted by atomic mass is 9.75. The molecule has 0 radical (unpaired) electrons. The van der Waals surface area contributed by atoms with Crippen LogP contribution in [-0.2, 0) is 9.53 Å². The molecule has 0 bridgehead atoms. The average Bonchev–Trinajstić information content (AvgIpc) is 3.21. The van der Waals surface area contributed by atoms with Gasteiger partial charge in [-0.05, 0) is 45.4 Å². The van der Waals surface area contributed by atoms with E-state index in [2.05, 4.69) is 36.4 Å². The molecule has 3 atom stereocenters. The lowest BCUT2D eigenvalue weighted by Crippen LogP contribution is -2.63. The maximum atomic E-state index is 13.7. The zero-order valence-corrected chi connectivity index (χ0v) is 18.8. The summed E-state index contributed by atoms with van der Waals surface area (Å²) in [5, 5.41) is 0. The number of hydrogen-bond acceptors (Lipinski definition) is 3. The monoisotopic (exact) mass is 476 g/mol. The van der Waals surface area contributed by atoms with E-state index in [1.807, 2.05) is 18.7 Å². The van der Waals surface area contributed by atoms with E-state index >= 15 is 0 Å². The van der Waals surface area contributed by atoms with Crippen LogP contribution in [0.5, 0.6) is 0 Å². The first-order valence-electron chi connectivity index (χ1n) is 10.1. The molecule has 26 heavy (non-hydrogen) atoms.